The molecule has 1 unspecified atom stereocenters. The number of aromatic nitrogens is 2. The monoisotopic (exact) mass is 221 g/mol. The number of rotatable bonds is 3. The van der Waals surface area contributed by atoms with Crippen LogP contribution < -0.4 is 5.73 Å². The average Bonchev–Trinajstić information content (AvgIpc) is 2.75. The van der Waals surface area contributed by atoms with Crippen molar-refractivity contribution in [1.82, 2.24) is 14.7 Å². The van der Waals surface area contributed by atoms with E-state index in [1.807, 2.05) is 10.9 Å². The molecule has 0 saturated carbocycles. The summed E-state index contributed by atoms with van der Waals surface area (Å²) in [5.41, 5.74) is 6.63. The first-order valence-corrected chi connectivity index (χ1v) is 5.26. The van der Waals surface area contributed by atoms with Crippen LogP contribution in [0.25, 0.3) is 0 Å². The number of nitrogens with zero attached hydrogens (tertiary/aromatic N) is 4. The number of aliphatic imine (C=N–C) groups is 1. The number of urea groups is 1. The second kappa shape index (κ2) is 3.96. The molecule has 1 aromatic heterocycles. The van der Waals surface area contributed by atoms with E-state index in [0.29, 0.717) is 5.84 Å². The van der Waals surface area contributed by atoms with E-state index in [9.17, 15) is 4.79 Å². The Kier molecular flexibility index (Phi) is 2.64. The Morgan fingerprint density at radius 1 is 1.56 bits per heavy atom. The molecule has 0 fully saturated rings. The van der Waals surface area contributed by atoms with Gasteiger partial charge in [0.05, 0.1) is 6.20 Å². The van der Waals surface area contributed by atoms with Crippen molar-refractivity contribution in [1.29, 1.82) is 0 Å². The molecule has 1 atom stereocenters. The third-order valence-corrected chi connectivity index (χ3v) is 2.62. The first-order valence-electron chi connectivity index (χ1n) is 5.26. The number of carbonyl (C=O) groups is 1. The first kappa shape index (κ1) is 10.7. The molecule has 2 amide bonds. The number of likely N-dealkylation sites (N-methyl/N-ethyl adjacent to an activating group) is 1. The van der Waals surface area contributed by atoms with Crippen LogP contribution in [0.5, 0.6) is 0 Å². The van der Waals surface area contributed by atoms with E-state index in [-0.39, 0.29) is 12.1 Å². The number of amidine groups is 1. The Hall–Kier alpha value is -1.85. The normalized spacial score (nSPS) is 20.4. The summed E-state index contributed by atoms with van der Waals surface area (Å²) in [5, 5.41) is 4.21. The Morgan fingerprint density at radius 3 is 2.88 bits per heavy atom. The summed E-state index contributed by atoms with van der Waals surface area (Å²) in [4.78, 5) is 16.6. The van der Waals surface area contributed by atoms with Gasteiger partial charge in [0, 0.05) is 25.4 Å². The van der Waals surface area contributed by atoms with Crippen LogP contribution in [0.1, 0.15) is 24.9 Å². The lowest BCUT2D eigenvalue weighted by molar-refractivity contribution is 0.218. The summed E-state index contributed by atoms with van der Waals surface area (Å²) in [6.07, 6.45) is 4.66. The van der Waals surface area contributed by atoms with Gasteiger partial charge in [-0.1, -0.05) is 6.92 Å². The lowest BCUT2D eigenvalue weighted by atomic mass is 10.1. The minimum atomic E-state index is -0.300. The third-order valence-electron chi connectivity index (χ3n) is 2.62. The molecular weight excluding hydrogens is 206 g/mol. The zero-order chi connectivity index (χ0) is 11.7. The number of nitrogens with two attached hydrogens (primary N) is 1. The molecule has 6 nitrogen and oxygen atoms in total. The van der Waals surface area contributed by atoms with E-state index in [1.54, 1.807) is 13.2 Å². The lowest BCUT2D eigenvalue weighted by Gasteiger charge is -2.17. The maximum Gasteiger partial charge on any atom is 0.345 e. The van der Waals surface area contributed by atoms with Crippen LogP contribution in [0.2, 0.25) is 0 Å². The standard InChI is InChI=1S/C10H15N5O/c1-3-4-15-6-7(5-12-15)8-9(11)13-10(16)14(8)2/h5-6,8H,3-4H2,1-2H3,(H2,11,13,16). The summed E-state index contributed by atoms with van der Waals surface area (Å²) >= 11 is 0. The molecule has 0 aliphatic carbocycles. The van der Waals surface area contributed by atoms with Gasteiger partial charge in [0.15, 0.2) is 0 Å². The molecule has 2 N–H and O–H groups in total. The molecule has 0 saturated heterocycles. The smallest absolute Gasteiger partial charge is 0.345 e. The van der Waals surface area contributed by atoms with Crippen molar-refractivity contribution < 1.29 is 4.79 Å². The molecule has 0 radical (unpaired) electrons. The van der Waals surface area contributed by atoms with E-state index in [2.05, 4.69) is 17.0 Å². The largest absolute Gasteiger partial charge is 0.385 e. The molecule has 1 aliphatic rings. The fourth-order valence-electron chi connectivity index (χ4n) is 1.83. The van der Waals surface area contributed by atoms with Crippen LogP contribution in [-0.4, -0.2) is 33.6 Å². The first-order chi connectivity index (χ1) is 7.63. The molecule has 86 valence electrons. The van der Waals surface area contributed by atoms with Gasteiger partial charge < -0.3 is 10.6 Å². The highest BCUT2D eigenvalue weighted by Crippen LogP contribution is 2.24. The Labute approximate surface area is 93.7 Å². The topological polar surface area (TPSA) is 76.5 Å². The molecule has 1 aromatic rings. The van der Waals surface area contributed by atoms with Crippen molar-refractivity contribution in [2.45, 2.75) is 25.9 Å². The lowest BCUT2D eigenvalue weighted by Crippen LogP contribution is -2.29. The van der Waals surface area contributed by atoms with Gasteiger partial charge in [-0.05, 0) is 6.42 Å². The molecule has 16 heavy (non-hydrogen) atoms. The molecule has 1 aliphatic heterocycles. The summed E-state index contributed by atoms with van der Waals surface area (Å²) in [6.45, 7) is 2.95. The zero-order valence-electron chi connectivity index (χ0n) is 9.42. The molecule has 0 spiro atoms. The fraction of sp³-hybridized carbons (Fsp3) is 0.500. The number of hydrogen-bond acceptors (Lipinski definition) is 3. The molecule has 6 heteroatoms. The maximum atomic E-state index is 11.3. The van der Waals surface area contributed by atoms with Crippen LogP contribution >= 0.6 is 0 Å². The van der Waals surface area contributed by atoms with Gasteiger partial charge in [0.1, 0.15) is 11.9 Å². The Balaban J connectivity index is 2.24. The summed E-state index contributed by atoms with van der Waals surface area (Å²) in [5.74, 6) is 0.337. The van der Waals surface area contributed by atoms with Gasteiger partial charge in [0.25, 0.3) is 0 Å². The fourth-order valence-corrected chi connectivity index (χ4v) is 1.83. The van der Waals surface area contributed by atoms with Crippen molar-refractivity contribution >= 4 is 11.9 Å². The Morgan fingerprint density at radius 2 is 2.31 bits per heavy atom. The molecule has 0 aromatic carbocycles. The number of amides is 2. The average molecular weight is 221 g/mol. The SMILES string of the molecule is CCCn1cc(C2C(N)=NC(=O)N2C)cn1. The van der Waals surface area contributed by atoms with Crippen LogP contribution in [-0.2, 0) is 6.54 Å². The Bertz CT molecular complexity index is 436. The highest BCUT2D eigenvalue weighted by atomic mass is 16.2. The van der Waals surface area contributed by atoms with Gasteiger partial charge in [-0.3, -0.25) is 4.68 Å². The van der Waals surface area contributed by atoms with E-state index in [4.69, 9.17) is 5.73 Å². The van der Waals surface area contributed by atoms with Crippen LogP contribution in [0.15, 0.2) is 17.4 Å². The molecule has 2 heterocycles. The summed E-state index contributed by atoms with van der Waals surface area (Å²) < 4.78 is 1.85. The maximum absolute atomic E-state index is 11.3. The van der Waals surface area contributed by atoms with Crippen molar-refractivity contribution in [3.05, 3.63) is 18.0 Å². The summed E-state index contributed by atoms with van der Waals surface area (Å²) in [7, 11) is 1.69. The third kappa shape index (κ3) is 1.66. The van der Waals surface area contributed by atoms with Gasteiger partial charge in [-0.15, -0.1) is 0 Å². The van der Waals surface area contributed by atoms with Gasteiger partial charge >= 0.3 is 6.03 Å². The molecule has 2 rings (SSSR count). The van der Waals surface area contributed by atoms with E-state index < -0.39 is 0 Å². The predicted octanol–water partition coefficient (Wildman–Crippen LogP) is 0.757. The van der Waals surface area contributed by atoms with Crippen molar-refractivity contribution in [2.24, 2.45) is 10.7 Å². The highest BCUT2D eigenvalue weighted by Gasteiger charge is 2.32. The van der Waals surface area contributed by atoms with E-state index >= 15 is 0 Å². The summed E-state index contributed by atoms with van der Waals surface area (Å²) in [6, 6.07) is -0.566. The van der Waals surface area contributed by atoms with Gasteiger partial charge in [-0.2, -0.15) is 10.1 Å². The second-order valence-electron chi connectivity index (χ2n) is 3.87. The minimum Gasteiger partial charge on any atom is -0.385 e. The van der Waals surface area contributed by atoms with E-state index in [1.165, 1.54) is 4.90 Å². The highest BCUT2D eigenvalue weighted by molar-refractivity contribution is 6.03. The van der Waals surface area contributed by atoms with Crippen LogP contribution in [0.4, 0.5) is 4.79 Å². The van der Waals surface area contributed by atoms with Crippen molar-refractivity contribution in [3.63, 3.8) is 0 Å². The van der Waals surface area contributed by atoms with Crippen LogP contribution in [0.3, 0.4) is 0 Å². The number of hydrogen-bond donors (Lipinski definition) is 1. The van der Waals surface area contributed by atoms with Crippen molar-refractivity contribution in [3.8, 4) is 0 Å². The minimum absolute atomic E-state index is 0.266. The second-order valence-corrected chi connectivity index (χ2v) is 3.87. The molecule has 0 bridgehead atoms. The predicted molar refractivity (Wildman–Crippen MR) is 60.0 cm³/mol. The van der Waals surface area contributed by atoms with Gasteiger partial charge in [-0.25, -0.2) is 4.79 Å². The number of carbonyl (C=O) groups excluding carboxylic acids is 1. The van der Waals surface area contributed by atoms with E-state index in [0.717, 1.165) is 18.5 Å². The quantitative estimate of drug-likeness (QED) is 0.818. The molecular formula is C10H15N5O. The zero-order valence-corrected chi connectivity index (χ0v) is 9.42. The van der Waals surface area contributed by atoms with Crippen molar-refractivity contribution in [2.75, 3.05) is 7.05 Å². The number of aryl methyl sites for hydroxylation is 1. The van der Waals surface area contributed by atoms with Crippen LogP contribution in [0, 0.1) is 0 Å². The van der Waals surface area contributed by atoms with Gasteiger partial charge in [0.2, 0.25) is 0 Å².